The number of rotatable bonds is 1. The van der Waals surface area contributed by atoms with Gasteiger partial charge in [-0.15, -0.1) is 5.10 Å². The van der Waals surface area contributed by atoms with E-state index in [4.69, 9.17) is 10.00 Å². The lowest BCUT2D eigenvalue weighted by Gasteiger charge is -2.35. The summed E-state index contributed by atoms with van der Waals surface area (Å²) in [4.78, 5) is 2.06. The van der Waals surface area contributed by atoms with E-state index in [9.17, 15) is 0 Å². The molecule has 1 aromatic heterocycles. The van der Waals surface area contributed by atoms with Gasteiger partial charge in [0.2, 0.25) is 0 Å². The Hall–Kier alpha value is -1.67. The van der Waals surface area contributed by atoms with Crippen LogP contribution in [0.15, 0.2) is 12.3 Å². The molecular formula is C11H14N4O. The number of morpholine rings is 1. The molecule has 0 aliphatic carbocycles. The van der Waals surface area contributed by atoms with Gasteiger partial charge in [-0.1, -0.05) is 0 Å². The molecule has 1 aliphatic rings. The van der Waals surface area contributed by atoms with Crippen LogP contribution in [0, 0.1) is 11.3 Å². The average Bonchev–Trinajstić information content (AvgIpc) is 2.27. The normalized spacial score (nSPS) is 25.2. The third-order valence-electron chi connectivity index (χ3n) is 2.54. The molecule has 1 aromatic rings. The van der Waals surface area contributed by atoms with Gasteiger partial charge in [-0.25, -0.2) is 0 Å². The van der Waals surface area contributed by atoms with Gasteiger partial charge in [-0.2, -0.15) is 10.4 Å². The van der Waals surface area contributed by atoms with E-state index in [1.165, 1.54) is 6.20 Å². The molecule has 5 nitrogen and oxygen atoms in total. The quantitative estimate of drug-likeness (QED) is 0.702. The van der Waals surface area contributed by atoms with Gasteiger partial charge in [-0.05, 0) is 19.9 Å². The summed E-state index contributed by atoms with van der Waals surface area (Å²) in [7, 11) is 0. The monoisotopic (exact) mass is 218 g/mol. The Morgan fingerprint density at radius 1 is 1.44 bits per heavy atom. The molecule has 0 amide bonds. The molecule has 0 aromatic carbocycles. The van der Waals surface area contributed by atoms with Gasteiger partial charge in [0.15, 0.2) is 5.82 Å². The van der Waals surface area contributed by atoms with E-state index in [0.29, 0.717) is 11.4 Å². The number of anilines is 1. The molecule has 84 valence electrons. The molecule has 5 heteroatoms. The first-order valence-electron chi connectivity index (χ1n) is 5.33. The molecule has 0 spiro atoms. The Morgan fingerprint density at radius 3 is 2.75 bits per heavy atom. The maximum atomic E-state index is 9.01. The lowest BCUT2D eigenvalue weighted by Crippen LogP contribution is -2.46. The van der Waals surface area contributed by atoms with Gasteiger partial charge in [0.1, 0.15) is 6.07 Å². The molecule has 0 radical (unpaired) electrons. The van der Waals surface area contributed by atoms with Crippen LogP contribution in [0.1, 0.15) is 19.4 Å². The topological polar surface area (TPSA) is 62.0 Å². The van der Waals surface area contributed by atoms with Gasteiger partial charge >= 0.3 is 0 Å². The van der Waals surface area contributed by atoms with Crippen molar-refractivity contribution in [1.29, 1.82) is 5.26 Å². The van der Waals surface area contributed by atoms with Crippen LogP contribution in [0.5, 0.6) is 0 Å². The number of aromatic nitrogens is 2. The Kier molecular flexibility index (Phi) is 3.02. The highest BCUT2D eigenvalue weighted by molar-refractivity contribution is 5.52. The molecule has 2 heterocycles. The predicted octanol–water partition coefficient (Wildman–Crippen LogP) is 0.962. The Labute approximate surface area is 94.7 Å². The van der Waals surface area contributed by atoms with Crippen molar-refractivity contribution in [1.82, 2.24) is 10.2 Å². The van der Waals surface area contributed by atoms with Crippen molar-refractivity contribution in [2.24, 2.45) is 0 Å². The average molecular weight is 218 g/mol. The van der Waals surface area contributed by atoms with Crippen LogP contribution in [0.2, 0.25) is 0 Å². The first kappa shape index (κ1) is 10.8. The third-order valence-corrected chi connectivity index (χ3v) is 2.54. The minimum absolute atomic E-state index is 0.150. The zero-order valence-electron chi connectivity index (χ0n) is 9.42. The Morgan fingerprint density at radius 2 is 2.12 bits per heavy atom. The first-order chi connectivity index (χ1) is 7.70. The number of nitriles is 1. The van der Waals surface area contributed by atoms with Gasteiger partial charge in [0, 0.05) is 13.1 Å². The van der Waals surface area contributed by atoms with Crippen molar-refractivity contribution >= 4 is 5.82 Å². The molecule has 0 N–H and O–H groups in total. The second kappa shape index (κ2) is 4.45. The molecule has 1 saturated heterocycles. The molecular weight excluding hydrogens is 204 g/mol. The SMILES string of the molecule is C[C@@H]1CN(c2nnccc2C#N)C[C@H](C)O1. The second-order valence-corrected chi connectivity index (χ2v) is 4.04. The smallest absolute Gasteiger partial charge is 0.169 e. The van der Waals surface area contributed by atoms with E-state index in [1.807, 2.05) is 13.8 Å². The predicted molar refractivity (Wildman–Crippen MR) is 59.0 cm³/mol. The van der Waals surface area contributed by atoms with E-state index in [-0.39, 0.29) is 12.2 Å². The van der Waals surface area contributed by atoms with Crippen LogP contribution in [0.3, 0.4) is 0 Å². The number of hydrogen-bond donors (Lipinski definition) is 0. The van der Waals surface area contributed by atoms with Crippen LogP contribution in [0.4, 0.5) is 5.82 Å². The summed E-state index contributed by atoms with van der Waals surface area (Å²) in [5, 5.41) is 16.9. The van der Waals surface area contributed by atoms with Crippen molar-refractivity contribution in [3.63, 3.8) is 0 Å². The van der Waals surface area contributed by atoms with Crippen molar-refractivity contribution in [2.75, 3.05) is 18.0 Å². The van der Waals surface area contributed by atoms with E-state index in [0.717, 1.165) is 13.1 Å². The molecule has 16 heavy (non-hydrogen) atoms. The van der Waals surface area contributed by atoms with E-state index in [1.54, 1.807) is 6.07 Å². The minimum atomic E-state index is 0.150. The third kappa shape index (κ3) is 2.12. The summed E-state index contributed by atoms with van der Waals surface area (Å²) in [6.45, 7) is 5.53. The van der Waals surface area contributed by atoms with E-state index >= 15 is 0 Å². The molecule has 1 aliphatic heterocycles. The van der Waals surface area contributed by atoms with Crippen LogP contribution in [-0.2, 0) is 4.74 Å². The van der Waals surface area contributed by atoms with Gasteiger partial charge in [-0.3, -0.25) is 0 Å². The molecule has 2 rings (SSSR count). The number of ether oxygens (including phenoxy) is 1. The summed E-state index contributed by atoms with van der Waals surface area (Å²) in [5.41, 5.74) is 0.566. The molecule has 0 bridgehead atoms. The van der Waals surface area contributed by atoms with Crippen molar-refractivity contribution in [2.45, 2.75) is 26.1 Å². The van der Waals surface area contributed by atoms with E-state index in [2.05, 4.69) is 21.2 Å². The first-order valence-corrected chi connectivity index (χ1v) is 5.33. The van der Waals surface area contributed by atoms with Crippen LogP contribution in [0.25, 0.3) is 0 Å². The highest BCUT2D eigenvalue weighted by atomic mass is 16.5. The van der Waals surface area contributed by atoms with Crippen molar-refractivity contribution in [3.8, 4) is 6.07 Å². The molecule has 1 fully saturated rings. The number of nitrogens with zero attached hydrogens (tertiary/aromatic N) is 4. The molecule has 0 unspecified atom stereocenters. The van der Waals surface area contributed by atoms with Crippen LogP contribution in [-0.4, -0.2) is 35.5 Å². The maximum absolute atomic E-state index is 9.01. The summed E-state index contributed by atoms with van der Waals surface area (Å²) >= 11 is 0. The van der Waals surface area contributed by atoms with Crippen LogP contribution < -0.4 is 4.90 Å². The Balaban J connectivity index is 2.26. The van der Waals surface area contributed by atoms with Crippen molar-refractivity contribution < 1.29 is 4.74 Å². The van der Waals surface area contributed by atoms with E-state index < -0.39 is 0 Å². The van der Waals surface area contributed by atoms with Gasteiger partial charge in [0.05, 0.1) is 24.0 Å². The minimum Gasteiger partial charge on any atom is -0.372 e. The Bertz CT molecular complexity index is 405. The summed E-state index contributed by atoms with van der Waals surface area (Å²) < 4.78 is 5.64. The summed E-state index contributed by atoms with van der Waals surface area (Å²) in [5.74, 6) is 0.659. The highest BCUT2D eigenvalue weighted by Gasteiger charge is 2.24. The lowest BCUT2D eigenvalue weighted by atomic mass is 10.2. The fourth-order valence-electron chi connectivity index (χ4n) is 2.00. The second-order valence-electron chi connectivity index (χ2n) is 4.04. The van der Waals surface area contributed by atoms with Crippen LogP contribution >= 0.6 is 0 Å². The largest absolute Gasteiger partial charge is 0.372 e. The highest BCUT2D eigenvalue weighted by Crippen LogP contribution is 2.20. The standard InChI is InChI=1S/C11H14N4O/c1-8-6-15(7-9(2)16-8)11-10(5-12)3-4-13-14-11/h3-4,8-9H,6-7H2,1-2H3/t8-,9+. The number of hydrogen-bond acceptors (Lipinski definition) is 5. The maximum Gasteiger partial charge on any atom is 0.169 e. The zero-order chi connectivity index (χ0) is 11.5. The molecule has 2 atom stereocenters. The van der Waals surface area contributed by atoms with Gasteiger partial charge in [0.25, 0.3) is 0 Å². The molecule has 0 saturated carbocycles. The zero-order valence-corrected chi connectivity index (χ0v) is 9.42. The lowest BCUT2D eigenvalue weighted by molar-refractivity contribution is -0.00551. The summed E-state index contributed by atoms with van der Waals surface area (Å²) in [6.07, 6.45) is 1.84. The van der Waals surface area contributed by atoms with Crippen molar-refractivity contribution in [3.05, 3.63) is 17.8 Å². The summed E-state index contributed by atoms with van der Waals surface area (Å²) in [6, 6.07) is 3.83. The fourth-order valence-corrected chi connectivity index (χ4v) is 2.00. The van der Waals surface area contributed by atoms with Gasteiger partial charge < -0.3 is 9.64 Å². The fraction of sp³-hybridized carbons (Fsp3) is 0.545.